The highest BCUT2D eigenvalue weighted by atomic mass is 32.2. The summed E-state index contributed by atoms with van der Waals surface area (Å²) >= 11 is 0. The highest BCUT2D eigenvalue weighted by Gasteiger charge is 2.46. The molecule has 0 aliphatic heterocycles. The molecule has 0 saturated carbocycles. The van der Waals surface area contributed by atoms with Crippen molar-refractivity contribution in [1.82, 2.24) is 4.31 Å². The van der Waals surface area contributed by atoms with Crippen molar-refractivity contribution in [2.45, 2.75) is 17.7 Å². The molecule has 2 N–H and O–H groups in total. The molecule has 6 nitrogen and oxygen atoms in total. The number of nitrogens with zero attached hydrogens (tertiary/aromatic N) is 1. The third kappa shape index (κ3) is 4.36. The standard InChI is InChI=1S/C19H21NO5S/c1-20(2)26(25)16-10-6-9-15(11-16)13-19(17(21)22,18(23)24)12-14-7-4-3-5-8-14/h3-11H,12-13H2,1-2H3,(H,21,22)(H,23,24). The summed E-state index contributed by atoms with van der Waals surface area (Å²) in [6.07, 6.45) is -0.343. The first-order valence-electron chi connectivity index (χ1n) is 7.95. The van der Waals surface area contributed by atoms with Gasteiger partial charge in [-0.3, -0.25) is 9.59 Å². The van der Waals surface area contributed by atoms with Crippen LogP contribution in [0.5, 0.6) is 0 Å². The minimum atomic E-state index is -2.00. The topological polar surface area (TPSA) is 94.9 Å². The van der Waals surface area contributed by atoms with Gasteiger partial charge in [0.1, 0.15) is 11.0 Å². The van der Waals surface area contributed by atoms with Gasteiger partial charge in [-0.15, -0.1) is 0 Å². The minimum absolute atomic E-state index is 0.139. The fourth-order valence-electron chi connectivity index (χ4n) is 2.72. The van der Waals surface area contributed by atoms with Crippen LogP contribution in [0.25, 0.3) is 0 Å². The van der Waals surface area contributed by atoms with Crippen LogP contribution in [0.15, 0.2) is 59.5 Å². The summed E-state index contributed by atoms with van der Waals surface area (Å²) in [5.74, 6) is -2.79. The molecule has 0 radical (unpaired) electrons. The van der Waals surface area contributed by atoms with E-state index in [1.165, 1.54) is 4.31 Å². The third-order valence-corrected chi connectivity index (χ3v) is 5.43. The number of carboxylic acids is 2. The monoisotopic (exact) mass is 375 g/mol. The number of hydrogen-bond donors (Lipinski definition) is 2. The molecule has 0 aromatic heterocycles. The quantitative estimate of drug-likeness (QED) is 0.690. The van der Waals surface area contributed by atoms with Gasteiger partial charge in [-0.05, 0) is 50.2 Å². The van der Waals surface area contributed by atoms with Crippen LogP contribution in [0.1, 0.15) is 11.1 Å². The lowest BCUT2D eigenvalue weighted by atomic mass is 9.76. The first-order valence-corrected chi connectivity index (χ1v) is 9.06. The maximum atomic E-state index is 12.2. The van der Waals surface area contributed by atoms with Crippen LogP contribution < -0.4 is 0 Å². The Bertz CT molecular complexity index is 806. The van der Waals surface area contributed by atoms with Gasteiger partial charge in [0.05, 0.1) is 4.90 Å². The largest absolute Gasteiger partial charge is 0.480 e. The molecule has 0 heterocycles. The average Bonchev–Trinajstić information content (AvgIpc) is 2.61. The van der Waals surface area contributed by atoms with Gasteiger partial charge in [0.15, 0.2) is 5.41 Å². The molecule has 0 spiro atoms. The Labute approximate surface area is 154 Å². The van der Waals surface area contributed by atoms with Gasteiger partial charge < -0.3 is 10.2 Å². The van der Waals surface area contributed by atoms with Gasteiger partial charge in [0.2, 0.25) is 0 Å². The highest BCUT2D eigenvalue weighted by Crippen LogP contribution is 2.30. The van der Waals surface area contributed by atoms with E-state index in [1.807, 2.05) is 0 Å². The van der Waals surface area contributed by atoms with Crippen molar-refractivity contribution in [3.8, 4) is 0 Å². The zero-order chi connectivity index (χ0) is 19.3. The number of aliphatic carboxylic acids is 2. The van der Waals surface area contributed by atoms with Crippen molar-refractivity contribution in [2.24, 2.45) is 5.41 Å². The van der Waals surface area contributed by atoms with E-state index in [1.54, 1.807) is 68.7 Å². The van der Waals surface area contributed by atoms with Gasteiger partial charge in [-0.25, -0.2) is 8.51 Å². The zero-order valence-corrected chi connectivity index (χ0v) is 15.4. The van der Waals surface area contributed by atoms with Crippen LogP contribution in [-0.2, 0) is 33.4 Å². The Morgan fingerprint density at radius 3 is 2.00 bits per heavy atom. The van der Waals surface area contributed by atoms with Gasteiger partial charge >= 0.3 is 11.9 Å². The van der Waals surface area contributed by atoms with Crippen LogP contribution in [0.4, 0.5) is 0 Å². The highest BCUT2D eigenvalue weighted by molar-refractivity contribution is 7.82. The van der Waals surface area contributed by atoms with Gasteiger partial charge in [0, 0.05) is 0 Å². The summed E-state index contributed by atoms with van der Waals surface area (Å²) in [7, 11) is 1.93. The number of benzene rings is 2. The van der Waals surface area contributed by atoms with E-state index in [0.717, 1.165) is 0 Å². The van der Waals surface area contributed by atoms with E-state index in [9.17, 15) is 24.0 Å². The second-order valence-electron chi connectivity index (χ2n) is 6.24. The SMILES string of the molecule is CN(C)S(=O)c1cccc(CC(Cc2ccccc2)(C(=O)O)C(=O)O)c1. The lowest BCUT2D eigenvalue weighted by molar-refractivity contribution is -0.164. The molecule has 2 aromatic carbocycles. The molecule has 1 unspecified atom stereocenters. The number of carbonyl (C=O) groups is 2. The van der Waals surface area contributed by atoms with Crippen LogP contribution in [-0.4, -0.2) is 44.8 Å². The number of carboxylic acid groups (broad SMARTS) is 2. The van der Waals surface area contributed by atoms with Crippen LogP contribution >= 0.6 is 0 Å². The van der Waals surface area contributed by atoms with E-state index in [-0.39, 0.29) is 12.8 Å². The third-order valence-electron chi connectivity index (χ3n) is 4.11. The normalized spacial score (nSPS) is 12.7. The van der Waals surface area contributed by atoms with Gasteiger partial charge in [-0.2, -0.15) is 0 Å². The first kappa shape index (κ1) is 19.8. The van der Waals surface area contributed by atoms with Crippen LogP contribution in [0, 0.1) is 5.41 Å². The van der Waals surface area contributed by atoms with Crippen molar-refractivity contribution in [1.29, 1.82) is 0 Å². The summed E-state index contributed by atoms with van der Waals surface area (Å²) in [6, 6.07) is 15.3. The molecule has 0 fully saturated rings. The summed E-state index contributed by atoms with van der Waals surface area (Å²) < 4.78 is 13.7. The fourth-order valence-corrected chi connectivity index (χ4v) is 3.59. The molecule has 0 bridgehead atoms. The Balaban J connectivity index is 2.42. The average molecular weight is 375 g/mol. The van der Waals surface area contributed by atoms with Crippen molar-refractivity contribution >= 4 is 22.9 Å². The van der Waals surface area contributed by atoms with Gasteiger partial charge in [-0.1, -0.05) is 42.5 Å². The molecule has 2 rings (SSSR count). The summed E-state index contributed by atoms with van der Waals surface area (Å²) in [6.45, 7) is 0. The minimum Gasteiger partial charge on any atom is -0.480 e. The molecule has 0 aliphatic carbocycles. The van der Waals surface area contributed by atoms with E-state index < -0.39 is 28.3 Å². The van der Waals surface area contributed by atoms with Crippen molar-refractivity contribution < 1.29 is 24.0 Å². The predicted octanol–water partition coefficient (Wildman–Crippen LogP) is 2.21. The molecule has 26 heavy (non-hydrogen) atoms. The molecule has 0 aliphatic rings. The van der Waals surface area contributed by atoms with Crippen molar-refractivity contribution in [2.75, 3.05) is 14.1 Å². The smallest absolute Gasteiger partial charge is 0.321 e. The second-order valence-corrected chi connectivity index (χ2v) is 7.94. The maximum Gasteiger partial charge on any atom is 0.321 e. The molecular formula is C19H21NO5S. The summed E-state index contributed by atoms with van der Waals surface area (Å²) in [5.41, 5.74) is -0.858. The maximum absolute atomic E-state index is 12.2. The van der Waals surface area contributed by atoms with Crippen molar-refractivity contribution in [3.05, 3.63) is 65.7 Å². The first-order chi connectivity index (χ1) is 12.3. The van der Waals surface area contributed by atoms with Crippen LogP contribution in [0.2, 0.25) is 0 Å². The Hall–Kier alpha value is -2.51. The Kier molecular flexibility index (Phi) is 6.28. The molecule has 138 valence electrons. The molecular weight excluding hydrogens is 354 g/mol. The Morgan fingerprint density at radius 2 is 1.46 bits per heavy atom. The van der Waals surface area contributed by atoms with Crippen LogP contribution in [0.3, 0.4) is 0 Å². The van der Waals surface area contributed by atoms with E-state index in [0.29, 0.717) is 16.0 Å². The summed E-state index contributed by atoms with van der Waals surface area (Å²) in [5, 5.41) is 19.5. The zero-order valence-electron chi connectivity index (χ0n) is 14.6. The van der Waals surface area contributed by atoms with Crippen molar-refractivity contribution in [3.63, 3.8) is 0 Å². The molecule has 1 atom stereocenters. The second kappa shape index (κ2) is 8.25. The number of rotatable bonds is 8. The lowest BCUT2D eigenvalue weighted by Crippen LogP contribution is -2.43. The molecule has 0 saturated heterocycles. The summed E-state index contributed by atoms with van der Waals surface area (Å²) in [4.78, 5) is 24.4. The van der Waals surface area contributed by atoms with E-state index in [4.69, 9.17) is 0 Å². The molecule has 2 aromatic rings. The fraction of sp³-hybridized carbons (Fsp3) is 0.263. The molecule has 0 amide bonds. The van der Waals surface area contributed by atoms with Gasteiger partial charge in [0.25, 0.3) is 0 Å². The lowest BCUT2D eigenvalue weighted by Gasteiger charge is -2.25. The predicted molar refractivity (Wildman–Crippen MR) is 98.1 cm³/mol. The van der Waals surface area contributed by atoms with E-state index >= 15 is 0 Å². The number of hydrogen-bond acceptors (Lipinski definition) is 3. The Morgan fingerprint density at radius 1 is 0.923 bits per heavy atom. The molecule has 7 heteroatoms. The van der Waals surface area contributed by atoms with E-state index in [2.05, 4.69) is 0 Å².